The van der Waals surface area contributed by atoms with Gasteiger partial charge in [-0.3, -0.25) is 4.79 Å². The molecule has 2 rings (SSSR count). The number of benzene rings is 2. The number of nitrogens with zero attached hydrogens (tertiary/aromatic N) is 1. The summed E-state index contributed by atoms with van der Waals surface area (Å²) >= 11 is 5.79. The summed E-state index contributed by atoms with van der Waals surface area (Å²) in [4.78, 5) is 13.9. The van der Waals surface area contributed by atoms with E-state index >= 15 is 0 Å². The Morgan fingerprint density at radius 1 is 1.05 bits per heavy atom. The van der Waals surface area contributed by atoms with Crippen molar-refractivity contribution in [2.24, 2.45) is 0 Å². The van der Waals surface area contributed by atoms with Gasteiger partial charge in [0.25, 0.3) is 0 Å². The lowest BCUT2D eigenvalue weighted by Crippen LogP contribution is -2.08. The molecule has 0 radical (unpaired) electrons. The van der Waals surface area contributed by atoms with Crippen molar-refractivity contribution in [2.45, 2.75) is 0 Å². The second-order valence-corrected chi connectivity index (χ2v) is 5.23. The number of carbonyl (C=O) groups excluding carboxylic acids is 1. The van der Waals surface area contributed by atoms with Gasteiger partial charge in [-0.25, -0.2) is 0 Å². The Kier molecular flexibility index (Phi) is 5.01. The summed E-state index contributed by atoms with van der Waals surface area (Å²) in [5, 5.41) is 3.70. The molecule has 0 saturated heterocycles. The average molecular weight is 301 g/mol. The molecule has 4 heteroatoms. The predicted octanol–water partition coefficient (Wildman–Crippen LogP) is 4.21. The molecule has 0 unspecified atom stereocenters. The van der Waals surface area contributed by atoms with Crippen LogP contribution >= 0.6 is 11.6 Å². The molecule has 21 heavy (non-hydrogen) atoms. The summed E-state index contributed by atoms with van der Waals surface area (Å²) in [6, 6.07) is 14.8. The zero-order chi connectivity index (χ0) is 15.2. The van der Waals surface area contributed by atoms with E-state index in [1.807, 2.05) is 43.3 Å². The highest BCUT2D eigenvalue weighted by Gasteiger charge is 2.00. The molecular weight excluding hydrogens is 284 g/mol. The monoisotopic (exact) mass is 300 g/mol. The van der Waals surface area contributed by atoms with E-state index in [2.05, 4.69) is 5.32 Å². The van der Waals surface area contributed by atoms with Crippen molar-refractivity contribution in [3.8, 4) is 0 Å². The lowest BCUT2D eigenvalue weighted by molar-refractivity contribution is 0.104. The van der Waals surface area contributed by atoms with Gasteiger partial charge < -0.3 is 10.2 Å². The van der Waals surface area contributed by atoms with Gasteiger partial charge >= 0.3 is 0 Å². The molecule has 0 spiro atoms. The van der Waals surface area contributed by atoms with Crippen LogP contribution < -0.4 is 10.2 Å². The minimum Gasteiger partial charge on any atom is -0.378 e. The van der Waals surface area contributed by atoms with Gasteiger partial charge in [-0.15, -0.1) is 0 Å². The Balaban J connectivity index is 1.95. The highest BCUT2D eigenvalue weighted by atomic mass is 35.5. The van der Waals surface area contributed by atoms with E-state index in [0.717, 1.165) is 11.4 Å². The van der Waals surface area contributed by atoms with Gasteiger partial charge in [0, 0.05) is 48.3 Å². The van der Waals surface area contributed by atoms with Crippen LogP contribution in [0, 0.1) is 0 Å². The number of rotatable bonds is 5. The fourth-order valence-corrected chi connectivity index (χ4v) is 1.91. The van der Waals surface area contributed by atoms with Gasteiger partial charge in [0.1, 0.15) is 0 Å². The predicted molar refractivity (Wildman–Crippen MR) is 89.3 cm³/mol. The van der Waals surface area contributed by atoms with E-state index in [-0.39, 0.29) is 5.78 Å². The average Bonchev–Trinajstić information content (AvgIpc) is 2.48. The summed E-state index contributed by atoms with van der Waals surface area (Å²) in [7, 11) is 3.99. The van der Waals surface area contributed by atoms with E-state index in [0.29, 0.717) is 10.6 Å². The van der Waals surface area contributed by atoms with E-state index in [4.69, 9.17) is 11.6 Å². The number of anilines is 2. The Hall–Kier alpha value is -2.26. The highest BCUT2D eigenvalue weighted by molar-refractivity contribution is 6.30. The maximum absolute atomic E-state index is 11.9. The van der Waals surface area contributed by atoms with Gasteiger partial charge in [0.15, 0.2) is 5.78 Å². The van der Waals surface area contributed by atoms with Crippen molar-refractivity contribution >= 4 is 28.8 Å². The highest BCUT2D eigenvalue weighted by Crippen LogP contribution is 2.15. The van der Waals surface area contributed by atoms with Crippen LogP contribution in [0.3, 0.4) is 0 Å². The molecule has 108 valence electrons. The summed E-state index contributed by atoms with van der Waals surface area (Å²) < 4.78 is 0. The van der Waals surface area contributed by atoms with Crippen molar-refractivity contribution in [1.29, 1.82) is 0 Å². The molecule has 0 aliphatic heterocycles. The van der Waals surface area contributed by atoms with E-state index in [1.165, 1.54) is 6.08 Å². The van der Waals surface area contributed by atoms with Gasteiger partial charge in [0.2, 0.25) is 0 Å². The number of carbonyl (C=O) groups is 1. The van der Waals surface area contributed by atoms with E-state index in [9.17, 15) is 4.79 Å². The van der Waals surface area contributed by atoms with Crippen molar-refractivity contribution in [3.05, 3.63) is 71.4 Å². The lowest BCUT2D eigenvalue weighted by Gasteiger charge is -2.12. The van der Waals surface area contributed by atoms with Crippen molar-refractivity contribution in [3.63, 3.8) is 0 Å². The largest absolute Gasteiger partial charge is 0.378 e. The smallest absolute Gasteiger partial charge is 0.187 e. The zero-order valence-corrected chi connectivity index (χ0v) is 12.8. The van der Waals surface area contributed by atoms with Crippen LogP contribution in [0.4, 0.5) is 11.4 Å². The Morgan fingerprint density at radius 3 is 2.24 bits per heavy atom. The second kappa shape index (κ2) is 6.95. The molecule has 2 aromatic carbocycles. The van der Waals surface area contributed by atoms with Gasteiger partial charge in [-0.05, 0) is 48.5 Å². The number of halogens is 1. The minimum atomic E-state index is -0.0657. The van der Waals surface area contributed by atoms with Gasteiger partial charge in [0.05, 0.1) is 0 Å². The van der Waals surface area contributed by atoms with Crippen molar-refractivity contribution in [1.82, 2.24) is 0 Å². The van der Waals surface area contributed by atoms with Crippen LogP contribution in [0.2, 0.25) is 5.02 Å². The number of ketones is 1. The third-order valence-electron chi connectivity index (χ3n) is 3.00. The molecule has 0 bridgehead atoms. The zero-order valence-electron chi connectivity index (χ0n) is 12.0. The van der Waals surface area contributed by atoms with Gasteiger partial charge in [-0.2, -0.15) is 0 Å². The molecule has 2 aromatic rings. The maximum atomic E-state index is 11.9. The fourth-order valence-electron chi connectivity index (χ4n) is 1.78. The lowest BCUT2D eigenvalue weighted by atomic mass is 10.1. The molecule has 1 N–H and O–H groups in total. The van der Waals surface area contributed by atoms with E-state index < -0.39 is 0 Å². The van der Waals surface area contributed by atoms with Crippen LogP contribution in [0.15, 0.2) is 60.8 Å². The Labute approximate surface area is 129 Å². The minimum absolute atomic E-state index is 0.0657. The summed E-state index contributed by atoms with van der Waals surface area (Å²) in [6.07, 6.45) is 3.14. The van der Waals surface area contributed by atoms with Crippen LogP contribution in [-0.2, 0) is 0 Å². The molecule has 3 nitrogen and oxygen atoms in total. The number of hydrogen-bond acceptors (Lipinski definition) is 3. The quantitative estimate of drug-likeness (QED) is 0.663. The third kappa shape index (κ3) is 4.36. The molecule has 0 aliphatic carbocycles. The standard InChI is InChI=1S/C17H17ClN2O/c1-20(2)16-9-7-15(8-10-16)19-12-11-17(21)13-3-5-14(18)6-4-13/h3-12,19H,1-2H3/b12-11-. The molecule has 0 aromatic heterocycles. The first-order valence-corrected chi connectivity index (χ1v) is 6.94. The first-order valence-electron chi connectivity index (χ1n) is 6.56. The van der Waals surface area contributed by atoms with Crippen LogP contribution in [0.25, 0.3) is 0 Å². The number of nitrogens with one attached hydrogen (secondary N) is 1. The van der Waals surface area contributed by atoms with Crippen molar-refractivity contribution < 1.29 is 4.79 Å². The second-order valence-electron chi connectivity index (χ2n) is 4.79. The molecule has 0 amide bonds. The van der Waals surface area contributed by atoms with E-state index in [1.54, 1.807) is 30.5 Å². The van der Waals surface area contributed by atoms with Crippen LogP contribution in [0.5, 0.6) is 0 Å². The first-order chi connectivity index (χ1) is 10.1. The molecular formula is C17H17ClN2O. The fraction of sp³-hybridized carbons (Fsp3) is 0.118. The normalized spacial score (nSPS) is 10.6. The van der Waals surface area contributed by atoms with Crippen molar-refractivity contribution in [2.75, 3.05) is 24.3 Å². The topological polar surface area (TPSA) is 32.3 Å². The molecule has 0 fully saturated rings. The number of hydrogen-bond donors (Lipinski definition) is 1. The SMILES string of the molecule is CN(C)c1ccc(N/C=C\C(=O)c2ccc(Cl)cc2)cc1. The maximum Gasteiger partial charge on any atom is 0.187 e. The number of allylic oxidation sites excluding steroid dienone is 1. The summed E-state index contributed by atoms with van der Waals surface area (Å²) in [5.41, 5.74) is 2.67. The Bertz CT molecular complexity index is 631. The molecule has 0 saturated carbocycles. The molecule has 0 atom stereocenters. The van der Waals surface area contributed by atoms with Gasteiger partial charge in [-0.1, -0.05) is 11.6 Å². The van der Waals surface area contributed by atoms with Crippen LogP contribution in [-0.4, -0.2) is 19.9 Å². The summed E-state index contributed by atoms with van der Waals surface area (Å²) in [6.45, 7) is 0. The first kappa shape index (κ1) is 15.1. The van der Waals surface area contributed by atoms with Crippen LogP contribution in [0.1, 0.15) is 10.4 Å². The molecule has 0 aliphatic rings. The third-order valence-corrected chi connectivity index (χ3v) is 3.25. The summed E-state index contributed by atoms with van der Waals surface area (Å²) in [5.74, 6) is -0.0657. The molecule has 0 heterocycles. The Morgan fingerprint density at radius 2 is 1.67 bits per heavy atom.